The minimum Gasteiger partial charge on any atom is -0.468 e. The summed E-state index contributed by atoms with van der Waals surface area (Å²) in [6, 6.07) is 0. The third kappa shape index (κ3) is 4.82. The van der Waals surface area contributed by atoms with E-state index in [4.69, 9.17) is 0 Å². The van der Waals surface area contributed by atoms with Gasteiger partial charge in [-0.3, -0.25) is 14.2 Å². The molecule has 1 aromatic rings. The Kier molecular flexibility index (Phi) is 5.96. The molecule has 0 aliphatic carbocycles. The molecule has 0 saturated heterocycles. The fraction of sp³-hybridized carbons (Fsp3) is 0.636. The Morgan fingerprint density at radius 3 is 2.85 bits per heavy atom. The predicted molar refractivity (Wildman–Crippen MR) is 74.3 cm³/mol. The van der Waals surface area contributed by atoms with E-state index in [-0.39, 0.29) is 6.54 Å². The van der Waals surface area contributed by atoms with E-state index in [2.05, 4.69) is 14.6 Å². The zero-order valence-electron chi connectivity index (χ0n) is 11.9. The summed E-state index contributed by atoms with van der Waals surface area (Å²) < 4.78 is 33.4. The average molecular weight is 304 g/mol. The van der Waals surface area contributed by atoms with E-state index in [0.29, 0.717) is 12.2 Å². The molecule has 20 heavy (non-hydrogen) atoms. The SMILES string of the molecule is CCCCN(C)S(=O)(=O)Nc1cnn(CC(=O)OC)c1. The molecule has 1 heterocycles. The Bertz CT molecular complexity index is 540. The lowest BCUT2D eigenvalue weighted by Gasteiger charge is -2.16. The van der Waals surface area contributed by atoms with E-state index in [0.717, 1.165) is 12.8 Å². The molecule has 1 aromatic heterocycles. The van der Waals surface area contributed by atoms with Gasteiger partial charge in [0.2, 0.25) is 0 Å². The Morgan fingerprint density at radius 2 is 2.25 bits per heavy atom. The van der Waals surface area contributed by atoms with Crippen LogP contribution in [-0.4, -0.2) is 49.2 Å². The van der Waals surface area contributed by atoms with Crippen LogP contribution in [0, 0.1) is 0 Å². The average Bonchev–Trinajstić information content (AvgIpc) is 2.81. The Hall–Kier alpha value is -1.61. The van der Waals surface area contributed by atoms with Crippen molar-refractivity contribution < 1.29 is 17.9 Å². The number of unbranched alkanes of at least 4 members (excludes halogenated alkanes) is 1. The predicted octanol–water partition coefficient (Wildman–Crippen LogP) is 0.445. The number of aromatic nitrogens is 2. The summed E-state index contributed by atoms with van der Waals surface area (Å²) in [5.74, 6) is -0.456. The summed E-state index contributed by atoms with van der Waals surface area (Å²) in [7, 11) is -0.806. The van der Waals surface area contributed by atoms with Crippen LogP contribution in [0.3, 0.4) is 0 Å². The van der Waals surface area contributed by atoms with Crippen LogP contribution >= 0.6 is 0 Å². The molecule has 0 fully saturated rings. The van der Waals surface area contributed by atoms with Crippen LogP contribution < -0.4 is 4.72 Å². The fourth-order valence-electron chi connectivity index (χ4n) is 1.43. The Labute approximate surface area is 118 Å². The standard InChI is InChI=1S/C11H20N4O4S/c1-4-5-6-14(2)20(17,18)13-10-7-12-15(8-10)9-11(16)19-3/h7-8,13H,4-6,9H2,1-3H3. The van der Waals surface area contributed by atoms with Gasteiger partial charge in [-0.1, -0.05) is 13.3 Å². The highest BCUT2D eigenvalue weighted by molar-refractivity contribution is 7.90. The van der Waals surface area contributed by atoms with Crippen LogP contribution in [0.15, 0.2) is 12.4 Å². The second-order valence-corrected chi connectivity index (χ2v) is 6.06. The van der Waals surface area contributed by atoms with Gasteiger partial charge in [0, 0.05) is 19.8 Å². The van der Waals surface area contributed by atoms with Crippen LogP contribution in [0.4, 0.5) is 5.69 Å². The summed E-state index contributed by atoms with van der Waals surface area (Å²) >= 11 is 0. The van der Waals surface area contributed by atoms with E-state index in [1.807, 2.05) is 6.92 Å². The maximum Gasteiger partial charge on any atom is 0.327 e. The van der Waals surface area contributed by atoms with Gasteiger partial charge in [0.05, 0.1) is 19.0 Å². The summed E-state index contributed by atoms with van der Waals surface area (Å²) in [6.07, 6.45) is 4.48. The van der Waals surface area contributed by atoms with Crippen molar-refractivity contribution in [1.29, 1.82) is 0 Å². The number of carbonyl (C=O) groups excluding carboxylic acids is 1. The lowest BCUT2D eigenvalue weighted by molar-refractivity contribution is -0.141. The van der Waals surface area contributed by atoms with Gasteiger partial charge >= 0.3 is 16.2 Å². The molecule has 0 unspecified atom stereocenters. The molecule has 0 spiro atoms. The molecule has 1 N–H and O–H groups in total. The molecular weight excluding hydrogens is 284 g/mol. The molecule has 0 aromatic carbocycles. The molecule has 0 radical (unpaired) electrons. The number of methoxy groups -OCH3 is 1. The van der Waals surface area contributed by atoms with E-state index >= 15 is 0 Å². The summed E-state index contributed by atoms with van der Waals surface area (Å²) in [4.78, 5) is 11.1. The van der Waals surface area contributed by atoms with Crippen LogP contribution in [-0.2, 0) is 26.3 Å². The first-order chi connectivity index (χ1) is 9.39. The number of ether oxygens (including phenoxy) is 1. The molecule has 0 bridgehead atoms. The highest BCUT2D eigenvalue weighted by atomic mass is 32.2. The van der Waals surface area contributed by atoms with Crippen molar-refractivity contribution >= 4 is 21.9 Å². The first-order valence-corrected chi connectivity index (χ1v) is 7.66. The number of anilines is 1. The van der Waals surface area contributed by atoms with Gasteiger partial charge in [0.15, 0.2) is 0 Å². The molecule has 0 saturated carbocycles. The molecule has 0 atom stereocenters. The smallest absolute Gasteiger partial charge is 0.327 e. The van der Waals surface area contributed by atoms with Gasteiger partial charge in [0.1, 0.15) is 6.54 Å². The lowest BCUT2D eigenvalue weighted by atomic mass is 10.3. The van der Waals surface area contributed by atoms with Gasteiger partial charge < -0.3 is 4.74 Å². The Balaban J connectivity index is 2.66. The van der Waals surface area contributed by atoms with Crippen LogP contribution in [0.2, 0.25) is 0 Å². The largest absolute Gasteiger partial charge is 0.468 e. The molecule has 8 nitrogen and oxygen atoms in total. The first-order valence-electron chi connectivity index (χ1n) is 6.22. The fourth-order valence-corrected chi connectivity index (χ4v) is 2.36. The molecule has 0 amide bonds. The van der Waals surface area contributed by atoms with Gasteiger partial charge in [0.25, 0.3) is 0 Å². The third-order valence-electron chi connectivity index (χ3n) is 2.64. The van der Waals surface area contributed by atoms with Crippen molar-refractivity contribution in [3.8, 4) is 0 Å². The van der Waals surface area contributed by atoms with E-state index in [1.165, 1.54) is 35.5 Å². The van der Waals surface area contributed by atoms with Gasteiger partial charge in [-0.15, -0.1) is 0 Å². The lowest BCUT2D eigenvalue weighted by Crippen LogP contribution is -2.33. The number of nitrogens with one attached hydrogen (secondary N) is 1. The van der Waals surface area contributed by atoms with Gasteiger partial charge in [-0.2, -0.15) is 17.8 Å². The normalized spacial score (nSPS) is 11.6. The monoisotopic (exact) mass is 304 g/mol. The van der Waals surface area contributed by atoms with E-state index < -0.39 is 16.2 Å². The Morgan fingerprint density at radius 1 is 1.55 bits per heavy atom. The van der Waals surface area contributed by atoms with Crippen molar-refractivity contribution in [2.24, 2.45) is 0 Å². The summed E-state index contributed by atoms with van der Waals surface area (Å²) in [5, 5.41) is 3.88. The molecule has 0 aliphatic heterocycles. The highest BCUT2D eigenvalue weighted by Gasteiger charge is 2.17. The van der Waals surface area contributed by atoms with Crippen molar-refractivity contribution in [2.45, 2.75) is 26.3 Å². The second kappa shape index (κ2) is 7.25. The maximum absolute atomic E-state index is 12.0. The molecule has 0 aliphatic rings. The quantitative estimate of drug-likeness (QED) is 0.704. The number of rotatable bonds is 8. The number of carbonyl (C=O) groups is 1. The van der Waals surface area contributed by atoms with Crippen molar-refractivity contribution in [3.63, 3.8) is 0 Å². The number of hydrogen-bond donors (Lipinski definition) is 1. The minimum absolute atomic E-state index is 0.0656. The van der Waals surface area contributed by atoms with Gasteiger partial charge in [-0.05, 0) is 6.42 Å². The third-order valence-corrected chi connectivity index (χ3v) is 4.13. The van der Waals surface area contributed by atoms with Crippen molar-refractivity contribution in [3.05, 3.63) is 12.4 Å². The molecule has 9 heteroatoms. The second-order valence-electron chi connectivity index (χ2n) is 4.28. The van der Waals surface area contributed by atoms with Crippen molar-refractivity contribution in [2.75, 3.05) is 25.4 Å². The minimum atomic E-state index is -3.59. The number of nitrogens with zero attached hydrogens (tertiary/aromatic N) is 3. The zero-order chi connectivity index (χ0) is 15.2. The van der Waals surface area contributed by atoms with Crippen LogP contribution in [0.5, 0.6) is 0 Å². The number of esters is 1. The topological polar surface area (TPSA) is 93.5 Å². The first kappa shape index (κ1) is 16.4. The molecule has 114 valence electrons. The number of hydrogen-bond acceptors (Lipinski definition) is 5. The summed E-state index contributed by atoms with van der Waals surface area (Å²) in [5.41, 5.74) is 0.303. The van der Waals surface area contributed by atoms with Crippen LogP contribution in [0.25, 0.3) is 0 Å². The van der Waals surface area contributed by atoms with Crippen molar-refractivity contribution in [1.82, 2.24) is 14.1 Å². The van der Waals surface area contributed by atoms with Crippen LogP contribution in [0.1, 0.15) is 19.8 Å². The summed E-state index contributed by atoms with van der Waals surface area (Å²) in [6.45, 7) is 2.37. The highest BCUT2D eigenvalue weighted by Crippen LogP contribution is 2.10. The van der Waals surface area contributed by atoms with Gasteiger partial charge in [-0.25, -0.2) is 0 Å². The maximum atomic E-state index is 12.0. The zero-order valence-corrected chi connectivity index (χ0v) is 12.7. The van der Waals surface area contributed by atoms with E-state index in [1.54, 1.807) is 0 Å². The molecule has 1 rings (SSSR count). The molecular formula is C11H20N4O4S. The van der Waals surface area contributed by atoms with E-state index in [9.17, 15) is 13.2 Å².